The van der Waals surface area contributed by atoms with Gasteiger partial charge < -0.3 is 9.84 Å². The molecule has 1 aromatic rings. The Hall–Kier alpha value is -1.55. The molecule has 0 amide bonds. The van der Waals surface area contributed by atoms with E-state index in [4.69, 9.17) is 9.84 Å². The van der Waals surface area contributed by atoms with Crippen LogP contribution in [-0.2, 0) is 11.3 Å². The van der Waals surface area contributed by atoms with E-state index in [1.807, 2.05) is 36.9 Å². The maximum atomic E-state index is 10.8. The van der Waals surface area contributed by atoms with E-state index in [1.165, 1.54) is 0 Å². The van der Waals surface area contributed by atoms with Crippen molar-refractivity contribution in [2.24, 2.45) is 0 Å². The molecular formula is C14H21NO3. The summed E-state index contributed by atoms with van der Waals surface area (Å²) in [6, 6.07) is 5.99. The molecule has 4 heteroatoms. The van der Waals surface area contributed by atoms with E-state index >= 15 is 0 Å². The minimum atomic E-state index is -0.789. The van der Waals surface area contributed by atoms with Gasteiger partial charge in [-0.2, -0.15) is 0 Å². The maximum absolute atomic E-state index is 10.8. The molecule has 0 atom stereocenters. The second-order valence-corrected chi connectivity index (χ2v) is 4.41. The van der Waals surface area contributed by atoms with Crippen molar-refractivity contribution in [3.05, 3.63) is 29.3 Å². The lowest BCUT2D eigenvalue weighted by molar-refractivity contribution is -0.138. The summed E-state index contributed by atoms with van der Waals surface area (Å²) in [5, 5.41) is 8.87. The van der Waals surface area contributed by atoms with Gasteiger partial charge >= 0.3 is 5.97 Å². The maximum Gasteiger partial charge on any atom is 0.317 e. The van der Waals surface area contributed by atoms with Crippen molar-refractivity contribution in [2.75, 3.05) is 20.2 Å². The molecular weight excluding hydrogens is 230 g/mol. The first-order chi connectivity index (χ1) is 8.56. The van der Waals surface area contributed by atoms with Crippen molar-refractivity contribution in [3.8, 4) is 5.75 Å². The van der Waals surface area contributed by atoms with Gasteiger partial charge in [-0.3, -0.25) is 9.69 Å². The second kappa shape index (κ2) is 7.01. The van der Waals surface area contributed by atoms with Gasteiger partial charge in [-0.1, -0.05) is 19.1 Å². The predicted molar refractivity (Wildman–Crippen MR) is 70.9 cm³/mol. The number of carbonyl (C=O) groups is 1. The van der Waals surface area contributed by atoms with Gasteiger partial charge in [0.2, 0.25) is 0 Å². The van der Waals surface area contributed by atoms with E-state index in [-0.39, 0.29) is 6.54 Å². The van der Waals surface area contributed by atoms with Gasteiger partial charge in [0.05, 0.1) is 13.7 Å². The van der Waals surface area contributed by atoms with Crippen molar-refractivity contribution in [1.82, 2.24) is 4.90 Å². The topological polar surface area (TPSA) is 49.8 Å². The SMILES string of the molecule is CCCN(CC(=O)O)Cc1ccc(C)c(OC)c1. The number of hydrogen-bond donors (Lipinski definition) is 1. The third-order valence-corrected chi connectivity index (χ3v) is 2.78. The van der Waals surface area contributed by atoms with E-state index in [0.717, 1.165) is 29.8 Å². The summed E-state index contributed by atoms with van der Waals surface area (Å²) in [6.07, 6.45) is 0.941. The number of rotatable bonds is 7. The van der Waals surface area contributed by atoms with Crippen LogP contribution >= 0.6 is 0 Å². The van der Waals surface area contributed by atoms with Crippen molar-refractivity contribution < 1.29 is 14.6 Å². The lowest BCUT2D eigenvalue weighted by atomic mass is 10.1. The first kappa shape index (κ1) is 14.5. The Labute approximate surface area is 108 Å². The molecule has 18 heavy (non-hydrogen) atoms. The molecule has 0 heterocycles. The Morgan fingerprint density at radius 2 is 2.17 bits per heavy atom. The Bertz CT molecular complexity index is 404. The van der Waals surface area contributed by atoms with E-state index in [2.05, 4.69) is 0 Å². The molecule has 0 saturated heterocycles. The van der Waals surface area contributed by atoms with E-state index in [1.54, 1.807) is 7.11 Å². The van der Waals surface area contributed by atoms with E-state index in [0.29, 0.717) is 6.54 Å². The molecule has 0 aliphatic rings. The van der Waals surface area contributed by atoms with Crippen LogP contribution in [0, 0.1) is 6.92 Å². The molecule has 0 aromatic heterocycles. The van der Waals surface area contributed by atoms with Gasteiger partial charge in [0.15, 0.2) is 0 Å². The summed E-state index contributed by atoms with van der Waals surface area (Å²) >= 11 is 0. The summed E-state index contributed by atoms with van der Waals surface area (Å²) in [4.78, 5) is 12.7. The Morgan fingerprint density at radius 1 is 1.44 bits per heavy atom. The van der Waals surface area contributed by atoms with Gasteiger partial charge in [0, 0.05) is 6.54 Å². The molecule has 1 N–H and O–H groups in total. The number of nitrogens with zero attached hydrogens (tertiary/aromatic N) is 1. The summed E-state index contributed by atoms with van der Waals surface area (Å²) in [6.45, 7) is 5.53. The van der Waals surface area contributed by atoms with Crippen LogP contribution in [-0.4, -0.2) is 36.2 Å². The first-order valence-corrected chi connectivity index (χ1v) is 6.14. The summed E-state index contributed by atoms with van der Waals surface area (Å²) in [5.41, 5.74) is 2.16. The Morgan fingerprint density at radius 3 is 2.72 bits per heavy atom. The molecule has 0 radical (unpaired) electrons. The molecule has 100 valence electrons. The number of benzene rings is 1. The zero-order valence-electron chi connectivity index (χ0n) is 11.3. The van der Waals surface area contributed by atoms with Crippen LogP contribution in [0.1, 0.15) is 24.5 Å². The highest BCUT2D eigenvalue weighted by Crippen LogP contribution is 2.20. The number of carboxylic acids is 1. The highest BCUT2D eigenvalue weighted by molar-refractivity contribution is 5.69. The van der Waals surface area contributed by atoms with Crippen LogP contribution in [0.15, 0.2) is 18.2 Å². The zero-order chi connectivity index (χ0) is 13.5. The lowest BCUT2D eigenvalue weighted by Crippen LogP contribution is -2.30. The van der Waals surface area contributed by atoms with Crippen LogP contribution in [0.4, 0.5) is 0 Å². The molecule has 0 aliphatic heterocycles. The number of hydrogen-bond acceptors (Lipinski definition) is 3. The standard InChI is InChI=1S/C14H21NO3/c1-4-7-15(10-14(16)17)9-12-6-5-11(2)13(8-12)18-3/h5-6,8H,4,7,9-10H2,1-3H3,(H,16,17). The quantitative estimate of drug-likeness (QED) is 0.808. The number of ether oxygens (including phenoxy) is 1. The first-order valence-electron chi connectivity index (χ1n) is 6.14. The van der Waals surface area contributed by atoms with E-state index < -0.39 is 5.97 Å². The number of carboxylic acid groups (broad SMARTS) is 1. The molecule has 0 bridgehead atoms. The summed E-state index contributed by atoms with van der Waals surface area (Å²) in [5.74, 6) is 0.0572. The van der Waals surface area contributed by atoms with Crippen LogP contribution in [0.25, 0.3) is 0 Å². The van der Waals surface area contributed by atoms with Gasteiger partial charge in [-0.05, 0) is 37.1 Å². The second-order valence-electron chi connectivity index (χ2n) is 4.41. The lowest BCUT2D eigenvalue weighted by Gasteiger charge is -2.20. The van der Waals surface area contributed by atoms with Crippen LogP contribution < -0.4 is 4.74 Å². The van der Waals surface area contributed by atoms with E-state index in [9.17, 15) is 4.79 Å². The highest BCUT2D eigenvalue weighted by atomic mass is 16.5. The molecule has 1 rings (SSSR count). The Kier molecular flexibility index (Phi) is 5.65. The smallest absolute Gasteiger partial charge is 0.317 e. The monoisotopic (exact) mass is 251 g/mol. The van der Waals surface area contributed by atoms with Crippen LogP contribution in [0.2, 0.25) is 0 Å². The largest absolute Gasteiger partial charge is 0.496 e. The molecule has 0 fully saturated rings. The average molecular weight is 251 g/mol. The molecule has 0 unspecified atom stereocenters. The minimum Gasteiger partial charge on any atom is -0.496 e. The predicted octanol–water partition coefficient (Wildman–Crippen LogP) is 2.30. The third-order valence-electron chi connectivity index (χ3n) is 2.78. The van der Waals surface area contributed by atoms with Crippen molar-refractivity contribution in [2.45, 2.75) is 26.8 Å². The van der Waals surface area contributed by atoms with Crippen molar-refractivity contribution in [3.63, 3.8) is 0 Å². The fraction of sp³-hybridized carbons (Fsp3) is 0.500. The molecule has 1 aromatic carbocycles. The average Bonchev–Trinajstić information content (AvgIpc) is 2.31. The normalized spacial score (nSPS) is 10.7. The fourth-order valence-electron chi connectivity index (χ4n) is 1.94. The molecule has 4 nitrogen and oxygen atoms in total. The number of methoxy groups -OCH3 is 1. The minimum absolute atomic E-state index is 0.0734. The van der Waals surface area contributed by atoms with Gasteiger partial charge in [-0.25, -0.2) is 0 Å². The van der Waals surface area contributed by atoms with Gasteiger partial charge in [-0.15, -0.1) is 0 Å². The highest BCUT2D eigenvalue weighted by Gasteiger charge is 2.10. The van der Waals surface area contributed by atoms with Crippen molar-refractivity contribution in [1.29, 1.82) is 0 Å². The summed E-state index contributed by atoms with van der Waals surface area (Å²) in [7, 11) is 1.65. The van der Waals surface area contributed by atoms with Gasteiger partial charge in [0.1, 0.15) is 5.75 Å². The third kappa shape index (κ3) is 4.37. The Balaban J connectivity index is 2.76. The fourth-order valence-corrected chi connectivity index (χ4v) is 1.94. The molecule has 0 spiro atoms. The molecule has 0 aliphatic carbocycles. The summed E-state index contributed by atoms with van der Waals surface area (Å²) < 4.78 is 5.27. The molecule has 0 saturated carbocycles. The van der Waals surface area contributed by atoms with Crippen LogP contribution in [0.3, 0.4) is 0 Å². The number of aliphatic carboxylic acids is 1. The number of aryl methyl sites for hydroxylation is 1. The van der Waals surface area contributed by atoms with Gasteiger partial charge in [0.25, 0.3) is 0 Å². The van der Waals surface area contributed by atoms with Crippen molar-refractivity contribution >= 4 is 5.97 Å². The zero-order valence-corrected chi connectivity index (χ0v) is 11.3. The van der Waals surface area contributed by atoms with Crippen LogP contribution in [0.5, 0.6) is 5.75 Å².